The maximum absolute atomic E-state index is 13.1. The third-order valence-electron chi connectivity index (χ3n) is 4.97. The Morgan fingerprint density at radius 1 is 1.19 bits per heavy atom. The molecule has 1 aliphatic rings. The number of hydrogen-bond acceptors (Lipinski definition) is 9. The zero-order valence-corrected chi connectivity index (χ0v) is 20.1. The molecular formula is C18H26N4O6S3. The van der Waals surface area contributed by atoms with E-state index in [1.165, 1.54) is 29.4 Å². The van der Waals surface area contributed by atoms with E-state index in [9.17, 15) is 21.6 Å². The van der Waals surface area contributed by atoms with Crippen LogP contribution in [0, 0.1) is 0 Å². The second-order valence-electron chi connectivity index (χ2n) is 7.39. The number of aromatic nitrogens is 1. The molecule has 0 spiro atoms. The number of ether oxygens (including phenoxy) is 1. The van der Waals surface area contributed by atoms with Crippen molar-refractivity contribution in [1.82, 2.24) is 14.2 Å². The van der Waals surface area contributed by atoms with Gasteiger partial charge in [0.25, 0.3) is 0 Å². The number of benzene rings is 1. The van der Waals surface area contributed by atoms with E-state index in [4.69, 9.17) is 4.74 Å². The maximum Gasteiger partial charge on any atom is 0.244 e. The van der Waals surface area contributed by atoms with Crippen LogP contribution >= 0.6 is 11.3 Å². The first kappa shape index (κ1) is 24.0. The fraction of sp³-hybridized carbons (Fsp3) is 0.556. The molecule has 2 aromatic rings. The van der Waals surface area contributed by atoms with Crippen molar-refractivity contribution >= 4 is 52.5 Å². The summed E-state index contributed by atoms with van der Waals surface area (Å²) in [7, 11) is -5.70. The number of carbonyl (C=O) groups excluding carboxylic acids is 1. The number of rotatable bonds is 8. The van der Waals surface area contributed by atoms with Crippen LogP contribution in [0.3, 0.4) is 0 Å². The molecule has 0 N–H and O–H groups in total. The van der Waals surface area contributed by atoms with Crippen LogP contribution in [0.15, 0.2) is 23.1 Å². The van der Waals surface area contributed by atoms with E-state index < -0.39 is 25.8 Å². The number of hydrogen-bond donors (Lipinski definition) is 0. The minimum Gasteiger partial charge on any atom is -0.379 e. The summed E-state index contributed by atoms with van der Waals surface area (Å²) >= 11 is 1.20. The summed E-state index contributed by atoms with van der Waals surface area (Å²) in [6, 6.07) is 4.87. The number of anilines is 1. The van der Waals surface area contributed by atoms with Gasteiger partial charge in [-0.1, -0.05) is 17.4 Å². The van der Waals surface area contributed by atoms with Gasteiger partial charge in [-0.25, -0.2) is 21.8 Å². The molecule has 13 heteroatoms. The van der Waals surface area contributed by atoms with E-state index >= 15 is 0 Å². The predicted octanol–water partition coefficient (Wildman–Crippen LogP) is 0.256. The van der Waals surface area contributed by atoms with E-state index in [2.05, 4.69) is 9.88 Å². The van der Waals surface area contributed by atoms with Gasteiger partial charge in [-0.05, 0) is 12.1 Å². The van der Waals surface area contributed by atoms with E-state index in [1.807, 2.05) is 0 Å². The Labute approximate surface area is 186 Å². The number of likely N-dealkylation sites (N-methyl/N-ethyl adjacent to an activating group) is 1. The van der Waals surface area contributed by atoms with Crippen molar-refractivity contribution in [2.24, 2.45) is 0 Å². The highest BCUT2D eigenvalue weighted by Gasteiger charge is 2.26. The Hall–Kier alpha value is -1.64. The molecule has 1 aromatic carbocycles. The first-order valence-electron chi connectivity index (χ1n) is 9.58. The Bertz CT molecular complexity index is 1160. The standard InChI is InChI=1S/C18H26N4O6S3/c1-20(31(3,26)27)13-16(23)22(8-7-21-9-11-28-12-10-21)18-19-17-14(29-18)5-4-6-15(17)30(2,24)25/h4-6H,7-13H2,1-3H3. The van der Waals surface area contributed by atoms with Crippen LogP contribution in [-0.4, -0.2) is 102 Å². The van der Waals surface area contributed by atoms with E-state index in [-0.39, 0.29) is 11.4 Å². The summed E-state index contributed by atoms with van der Waals surface area (Å²) in [5.41, 5.74) is 0.311. The molecule has 1 aromatic heterocycles. The van der Waals surface area contributed by atoms with Crippen LogP contribution in [-0.2, 0) is 29.4 Å². The van der Waals surface area contributed by atoms with Gasteiger partial charge in [0.2, 0.25) is 15.9 Å². The van der Waals surface area contributed by atoms with Crippen molar-refractivity contribution in [3.05, 3.63) is 18.2 Å². The summed E-state index contributed by atoms with van der Waals surface area (Å²) in [4.78, 5) is 21.2. The lowest BCUT2D eigenvalue weighted by Gasteiger charge is -2.29. The van der Waals surface area contributed by atoms with Gasteiger partial charge in [-0.3, -0.25) is 14.6 Å². The molecule has 0 atom stereocenters. The molecule has 0 radical (unpaired) electrons. The van der Waals surface area contributed by atoms with E-state index in [0.717, 1.165) is 29.9 Å². The molecule has 0 saturated carbocycles. The van der Waals surface area contributed by atoms with Crippen LogP contribution in [0.5, 0.6) is 0 Å². The highest BCUT2D eigenvalue weighted by Crippen LogP contribution is 2.32. The van der Waals surface area contributed by atoms with Crippen molar-refractivity contribution in [3.63, 3.8) is 0 Å². The number of morpholine rings is 1. The molecule has 1 saturated heterocycles. The van der Waals surface area contributed by atoms with E-state index in [1.54, 1.807) is 12.1 Å². The first-order valence-corrected chi connectivity index (χ1v) is 14.1. The molecule has 0 unspecified atom stereocenters. The quantitative estimate of drug-likeness (QED) is 0.517. The summed E-state index contributed by atoms with van der Waals surface area (Å²) in [5, 5.41) is 0.339. The fourth-order valence-electron chi connectivity index (χ4n) is 3.11. The zero-order valence-electron chi connectivity index (χ0n) is 17.6. The van der Waals surface area contributed by atoms with Gasteiger partial charge >= 0.3 is 0 Å². The molecule has 1 fully saturated rings. The van der Waals surface area contributed by atoms with Crippen molar-refractivity contribution in [2.75, 3.05) is 70.4 Å². The summed E-state index contributed by atoms with van der Waals surface area (Å²) in [6.07, 6.45) is 2.15. The van der Waals surface area contributed by atoms with Crippen molar-refractivity contribution < 1.29 is 26.4 Å². The van der Waals surface area contributed by atoms with Crippen LogP contribution in [0.2, 0.25) is 0 Å². The second-order valence-corrected chi connectivity index (χ2v) is 12.5. The van der Waals surface area contributed by atoms with Crippen LogP contribution in [0.1, 0.15) is 0 Å². The zero-order chi connectivity index (χ0) is 22.8. The minimum atomic E-state index is -3.54. The van der Waals surface area contributed by atoms with Crippen LogP contribution in [0.25, 0.3) is 10.2 Å². The van der Waals surface area contributed by atoms with Gasteiger partial charge < -0.3 is 4.74 Å². The van der Waals surface area contributed by atoms with Crippen molar-refractivity contribution in [3.8, 4) is 0 Å². The Morgan fingerprint density at radius 3 is 2.48 bits per heavy atom. The topological polar surface area (TPSA) is 117 Å². The Balaban J connectivity index is 1.93. The van der Waals surface area contributed by atoms with E-state index in [0.29, 0.717) is 41.7 Å². The van der Waals surface area contributed by atoms with Crippen LogP contribution in [0.4, 0.5) is 5.13 Å². The minimum absolute atomic E-state index is 0.0985. The lowest BCUT2D eigenvalue weighted by Crippen LogP contribution is -2.46. The SMILES string of the molecule is CN(CC(=O)N(CCN1CCOCC1)c1nc2c(S(C)(=O)=O)cccc2s1)S(C)(=O)=O. The van der Waals surface area contributed by atoms with Crippen molar-refractivity contribution in [1.29, 1.82) is 0 Å². The van der Waals surface area contributed by atoms with Gasteiger partial charge in [0, 0.05) is 39.5 Å². The molecular weight excluding hydrogens is 464 g/mol. The average molecular weight is 491 g/mol. The smallest absolute Gasteiger partial charge is 0.244 e. The molecule has 1 amide bonds. The molecule has 31 heavy (non-hydrogen) atoms. The highest BCUT2D eigenvalue weighted by atomic mass is 32.2. The normalized spacial score (nSPS) is 16.1. The molecule has 172 valence electrons. The number of sulfone groups is 1. The number of amides is 1. The number of fused-ring (bicyclic) bond motifs is 1. The van der Waals surface area contributed by atoms with Crippen molar-refractivity contribution in [2.45, 2.75) is 4.90 Å². The Kier molecular flexibility index (Phi) is 7.33. The number of carbonyl (C=O) groups is 1. The molecule has 0 aliphatic carbocycles. The average Bonchev–Trinajstić information content (AvgIpc) is 3.11. The first-order chi connectivity index (χ1) is 14.5. The summed E-state index contributed by atoms with van der Waals surface area (Å²) in [5.74, 6) is -0.429. The lowest BCUT2D eigenvalue weighted by atomic mass is 10.3. The number of thiazole rings is 1. The molecule has 2 heterocycles. The number of nitrogens with zero attached hydrogens (tertiary/aromatic N) is 4. The van der Waals surface area contributed by atoms with Gasteiger partial charge in [0.15, 0.2) is 15.0 Å². The molecule has 1 aliphatic heterocycles. The van der Waals surface area contributed by atoms with Gasteiger partial charge in [-0.15, -0.1) is 0 Å². The van der Waals surface area contributed by atoms with Crippen LogP contribution < -0.4 is 4.90 Å². The fourth-order valence-corrected chi connectivity index (χ4v) is 5.39. The predicted molar refractivity (Wildman–Crippen MR) is 120 cm³/mol. The molecule has 0 bridgehead atoms. The number of para-hydroxylation sites is 1. The maximum atomic E-state index is 13.1. The summed E-state index contributed by atoms with van der Waals surface area (Å²) < 4.78 is 54.8. The highest BCUT2D eigenvalue weighted by molar-refractivity contribution is 7.91. The molecule has 3 rings (SSSR count). The largest absolute Gasteiger partial charge is 0.379 e. The third-order valence-corrected chi connectivity index (χ3v) is 8.40. The van der Waals surface area contributed by atoms with Gasteiger partial charge in [0.1, 0.15) is 5.52 Å². The third kappa shape index (κ3) is 5.99. The second kappa shape index (κ2) is 9.46. The lowest BCUT2D eigenvalue weighted by molar-refractivity contribution is -0.118. The van der Waals surface area contributed by atoms with Gasteiger partial charge in [-0.2, -0.15) is 4.31 Å². The monoisotopic (exact) mass is 490 g/mol. The Morgan fingerprint density at radius 2 is 1.87 bits per heavy atom. The molecule has 10 nitrogen and oxygen atoms in total. The number of sulfonamides is 1. The summed E-state index contributed by atoms with van der Waals surface area (Å²) in [6.45, 7) is 3.23. The van der Waals surface area contributed by atoms with Gasteiger partial charge in [0.05, 0.1) is 35.6 Å².